The number of hydrogen-bond acceptors (Lipinski definition) is 3. The van der Waals surface area contributed by atoms with E-state index >= 15 is 0 Å². The molecule has 0 aliphatic rings. The molecule has 0 bridgehead atoms. The van der Waals surface area contributed by atoms with Gasteiger partial charge in [-0.05, 0) is 41.2 Å². The topological polar surface area (TPSA) is 37.3 Å². The summed E-state index contributed by atoms with van der Waals surface area (Å²) in [6.45, 7) is 2.12. The van der Waals surface area contributed by atoms with Gasteiger partial charge in [-0.15, -0.1) is 0 Å². The molecule has 0 radical (unpaired) electrons. The van der Waals surface area contributed by atoms with Crippen LogP contribution in [0.4, 0.5) is 0 Å². The van der Waals surface area contributed by atoms with Gasteiger partial charge in [0.25, 0.3) is 0 Å². The molecule has 0 fully saturated rings. The number of aromatic hydroxyl groups is 1. The molecule has 0 saturated carbocycles. The van der Waals surface area contributed by atoms with E-state index in [2.05, 4.69) is 19.2 Å². The van der Waals surface area contributed by atoms with Crippen LogP contribution < -0.4 is 0 Å². The van der Waals surface area contributed by atoms with Crippen LogP contribution in [0.2, 0.25) is 0 Å². The Bertz CT molecular complexity index is 355. The minimum Gasteiger partial charge on any atom is -0.508 e. The van der Waals surface area contributed by atoms with Crippen molar-refractivity contribution in [2.75, 3.05) is 0 Å². The lowest BCUT2D eigenvalue weighted by molar-refractivity contribution is 0.473. The van der Waals surface area contributed by atoms with Crippen LogP contribution in [0.1, 0.15) is 25.3 Å². The maximum atomic E-state index is 11.0. The molecule has 0 aliphatic carbocycles. The lowest BCUT2D eigenvalue weighted by atomic mass is 10.1. The molecule has 15 heavy (non-hydrogen) atoms. The number of unbranched alkanes of at least 4 members (excludes halogenated alkanes) is 1. The van der Waals surface area contributed by atoms with E-state index in [1.54, 1.807) is 18.2 Å². The Balaban J connectivity index is 2.87. The maximum absolute atomic E-state index is 11.0. The molecular formula is C10H14O2PS2+. The van der Waals surface area contributed by atoms with Gasteiger partial charge >= 0.3 is 6.20 Å². The quantitative estimate of drug-likeness (QED) is 0.609. The van der Waals surface area contributed by atoms with Crippen LogP contribution in [0.5, 0.6) is 5.75 Å². The van der Waals surface area contributed by atoms with E-state index in [0.717, 1.165) is 29.7 Å². The van der Waals surface area contributed by atoms with E-state index < -0.39 is 6.20 Å². The summed E-state index contributed by atoms with van der Waals surface area (Å²) in [4.78, 5) is 0.956. The fraction of sp³-hybridized carbons (Fsp3) is 0.400. The molecule has 5 heteroatoms. The first-order valence-corrected chi connectivity index (χ1v) is 8.63. The highest BCUT2D eigenvalue weighted by molar-refractivity contribution is 8.79. The molecule has 0 amide bonds. The molecule has 1 N–H and O–H groups in total. The van der Waals surface area contributed by atoms with Crippen molar-refractivity contribution in [2.45, 2.75) is 31.1 Å². The molecule has 0 heterocycles. The van der Waals surface area contributed by atoms with Gasteiger partial charge in [0.05, 0.1) is 4.90 Å². The molecule has 1 rings (SSSR count). The lowest BCUT2D eigenvalue weighted by Crippen LogP contribution is -1.87. The number of rotatable bonds is 5. The van der Waals surface area contributed by atoms with Gasteiger partial charge in [0.15, 0.2) is 11.4 Å². The molecule has 1 aromatic carbocycles. The summed E-state index contributed by atoms with van der Waals surface area (Å²) >= 11 is 5.13. The van der Waals surface area contributed by atoms with E-state index in [-0.39, 0.29) is 5.75 Å². The first-order valence-electron chi connectivity index (χ1n) is 4.79. The Kier molecular flexibility index (Phi) is 5.51. The standard InChI is InChI=1S/C10H13O2PS2/c1-2-3-4-8-7-9(11)5-6-10(8)15-13(12)14/h5-7H,2-4H2,1H3,(H-,11,12,14)/p+1. The number of phenols is 1. The minimum absolute atomic E-state index is 0.264. The number of aryl methyl sites for hydroxylation is 1. The molecule has 1 unspecified atom stereocenters. The molecule has 1 atom stereocenters. The van der Waals surface area contributed by atoms with Crippen LogP contribution in [0.3, 0.4) is 0 Å². The summed E-state index contributed by atoms with van der Waals surface area (Å²) in [5, 5.41) is 9.37. The zero-order valence-corrected chi connectivity index (χ0v) is 11.1. The second-order valence-electron chi connectivity index (χ2n) is 3.22. The Hall–Kier alpha value is -0.180. The highest BCUT2D eigenvalue weighted by Gasteiger charge is 2.16. The van der Waals surface area contributed by atoms with Crippen molar-refractivity contribution in [3.8, 4) is 5.75 Å². The van der Waals surface area contributed by atoms with Crippen molar-refractivity contribution >= 4 is 29.8 Å². The fourth-order valence-corrected chi connectivity index (χ4v) is 3.71. The number of phenolic OH excluding ortho intramolecular Hbond substituents is 1. The smallest absolute Gasteiger partial charge is 0.485 e. The van der Waals surface area contributed by atoms with E-state index in [4.69, 9.17) is 0 Å². The van der Waals surface area contributed by atoms with Crippen LogP contribution >= 0.6 is 29.8 Å². The molecule has 0 saturated heterocycles. The SMILES string of the molecule is CCCCc1cc(O)ccc1S[P+](=O)S. The van der Waals surface area contributed by atoms with Crippen molar-refractivity contribution in [3.63, 3.8) is 0 Å². The van der Waals surface area contributed by atoms with Crippen LogP contribution in [0.15, 0.2) is 23.1 Å². The van der Waals surface area contributed by atoms with Gasteiger partial charge in [0.2, 0.25) is 0 Å². The van der Waals surface area contributed by atoms with E-state index in [1.165, 1.54) is 11.4 Å². The van der Waals surface area contributed by atoms with Crippen molar-refractivity contribution in [2.24, 2.45) is 0 Å². The predicted octanol–water partition coefficient (Wildman–Crippen LogP) is 4.41. The first-order chi connectivity index (χ1) is 7.13. The van der Waals surface area contributed by atoms with Gasteiger partial charge < -0.3 is 5.11 Å². The highest BCUT2D eigenvalue weighted by Crippen LogP contribution is 2.48. The number of thiol groups is 1. The van der Waals surface area contributed by atoms with Gasteiger partial charge in [-0.25, -0.2) is 0 Å². The molecular weight excluding hydrogens is 247 g/mol. The summed E-state index contributed by atoms with van der Waals surface area (Å²) in [5.41, 5.74) is 1.05. The van der Waals surface area contributed by atoms with Crippen LogP contribution in [0.25, 0.3) is 0 Å². The second kappa shape index (κ2) is 6.41. The zero-order valence-electron chi connectivity index (χ0n) is 8.51. The zero-order chi connectivity index (χ0) is 11.3. The average Bonchev–Trinajstić information content (AvgIpc) is 2.18. The van der Waals surface area contributed by atoms with E-state index in [0.29, 0.717) is 0 Å². The Morgan fingerprint density at radius 1 is 1.53 bits per heavy atom. The van der Waals surface area contributed by atoms with Gasteiger partial charge in [-0.1, -0.05) is 13.3 Å². The first kappa shape index (κ1) is 12.9. The predicted molar refractivity (Wildman–Crippen MR) is 69.2 cm³/mol. The third kappa shape index (κ3) is 4.45. The van der Waals surface area contributed by atoms with Crippen LogP contribution in [-0.2, 0) is 11.0 Å². The summed E-state index contributed by atoms with van der Waals surface area (Å²) in [5.74, 6) is 0.264. The average molecular weight is 261 g/mol. The summed E-state index contributed by atoms with van der Waals surface area (Å²) < 4.78 is 11.0. The highest BCUT2D eigenvalue weighted by atomic mass is 33.1. The van der Waals surface area contributed by atoms with Crippen LogP contribution in [0, 0.1) is 0 Å². The van der Waals surface area contributed by atoms with Crippen molar-refractivity contribution in [3.05, 3.63) is 23.8 Å². The molecule has 0 aromatic heterocycles. The van der Waals surface area contributed by atoms with Crippen molar-refractivity contribution in [1.29, 1.82) is 0 Å². The summed E-state index contributed by atoms with van der Waals surface area (Å²) in [7, 11) is 0. The van der Waals surface area contributed by atoms with Crippen molar-refractivity contribution < 1.29 is 9.67 Å². The molecule has 1 aromatic rings. The third-order valence-electron chi connectivity index (χ3n) is 2.02. The van der Waals surface area contributed by atoms with Gasteiger partial charge in [0, 0.05) is 0 Å². The van der Waals surface area contributed by atoms with E-state index in [9.17, 15) is 9.67 Å². The Morgan fingerprint density at radius 3 is 2.87 bits per heavy atom. The molecule has 82 valence electrons. The lowest BCUT2D eigenvalue weighted by Gasteiger charge is -2.04. The van der Waals surface area contributed by atoms with Gasteiger partial charge in [-0.3, -0.25) is 0 Å². The number of hydrogen-bond donors (Lipinski definition) is 2. The maximum Gasteiger partial charge on any atom is 0.485 e. The van der Waals surface area contributed by atoms with E-state index in [1.807, 2.05) is 0 Å². The van der Waals surface area contributed by atoms with Crippen molar-refractivity contribution in [1.82, 2.24) is 0 Å². The summed E-state index contributed by atoms with van der Waals surface area (Å²) in [6, 6.07) is 5.16. The minimum atomic E-state index is -1.54. The number of benzene rings is 1. The summed E-state index contributed by atoms with van der Waals surface area (Å²) in [6.07, 6.45) is 1.54. The Labute approximate surface area is 100 Å². The van der Waals surface area contributed by atoms with Gasteiger partial charge in [-0.2, -0.15) is 0 Å². The normalized spacial score (nSPS) is 11.5. The molecule has 2 nitrogen and oxygen atoms in total. The Morgan fingerprint density at radius 2 is 2.27 bits per heavy atom. The fourth-order valence-electron chi connectivity index (χ4n) is 1.30. The van der Waals surface area contributed by atoms with Crippen LogP contribution in [-0.4, -0.2) is 5.11 Å². The molecule has 0 spiro atoms. The molecule has 0 aliphatic heterocycles. The third-order valence-corrected chi connectivity index (χ3v) is 4.56. The monoisotopic (exact) mass is 261 g/mol. The second-order valence-corrected chi connectivity index (χ2v) is 7.77. The van der Waals surface area contributed by atoms with Gasteiger partial charge in [0.1, 0.15) is 18.0 Å². The largest absolute Gasteiger partial charge is 0.508 e.